The van der Waals surface area contributed by atoms with Crippen LogP contribution in [0.3, 0.4) is 0 Å². The molecule has 34 heavy (non-hydrogen) atoms. The Hall–Kier alpha value is -3.81. The number of hydrogen-bond acceptors (Lipinski definition) is 6. The third-order valence-corrected chi connectivity index (χ3v) is 7.43. The fourth-order valence-electron chi connectivity index (χ4n) is 5.68. The first-order valence-electron chi connectivity index (χ1n) is 11.5. The van der Waals surface area contributed by atoms with Gasteiger partial charge in [-0.05, 0) is 31.9 Å². The zero-order valence-electron chi connectivity index (χ0n) is 19.2. The van der Waals surface area contributed by atoms with Crippen LogP contribution in [0.4, 0.5) is 11.4 Å². The zero-order valence-corrected chi connectivity index (χ0v) is 19.2. The number of nitro benzene ring substituents is 1. The fraction of sp³-hybridized carbons (Fsp3) is 0.346. The molecule has 0 saturated carbocycles. The number of benzene rings is 2. The van der Waals surface area contributed by atoms with E-state index in [1.165, 1.54) is 29.2 Å². The minimum atomic E-state index is -0.937. The average Bonchev–Trinajstić information content (AvgIpc) is 3.31. The summed E-state index contributed by atoms with van der Waals surface area (Å²) >= 11 is 0. The van der Waals surface area contributed by atoms with E-state index in [0.717, 1.165) is 16.8 Å². The van der Waals surface area contributed by atoms with Gasteiger partial charge in [0.15, 0.2) is 5.78 Å². The maximum Gasteiger partial charge on any atom is 0.270 e. The van der Waals surface area contributed by atoms with Crippen molar-refractivity contribution in [2.45, 2.75) is 45.3 Å². The van der Waals surface area contributed by atoms with E-state index in [9.17, 15) is 24.5 Å². The fourth-order valence-corrected chi connectivity index (χ4v) is 5.68. The highest BCUT2D eigenvalue weighted by Crippen LogP contribution is 2.50. The normalized spacial score (nSPS) is 26.0. The van der Waals surface area contributed by atoms with E-state index >= 15 is 0 Å². The number of carbonyl (C=O) groups is 3. The molecule has 2 aromatic carbocycles. The summed E-state index contributed by atoms with van der Waals surface area (Å²) in [7, 11) is 0. The first kappa shape index (κ1) is 22.0. The largest absolute Gasteiger partial charge is 0.352 e. The Morgan fingerprint density at radius 2 is 1.79 bits per heavy atom. The lowest BCUT2D eigenvalue weighted by molar-refractivity contribution is -0.384. The van der Waals surface area contributed by atoms with Crippen molar-refractivity contribution in [3.8, 4) is 0 Å². The van der Waals surface area contributed by atoms with Gasteiger partial charge in [-0.1, -0.05) is 43.3 Å². The van der Waals surface area contributed by atoms with Gasteiger partial charge in [-0.3, -0.25) is 29.4 Å². The van der Waals surface area contributed by atoms with Crippen LogP contribution < -0.4 is 4.90 Å². The maximum atomic E-state index is 13.9. The number of nitro groups is 1. The number of Topliss-reactive ketones (excluding diaryl/α,β-unsaturated/α-hetero) is 1. The molecule has 3 aliphatic rings. The second kappa shape index (κ2) is 7.90. The molecule has 0 aromatic heterocycles. The highest BCUT2D eigenvalue weighted by atomic mass is 16.6. The lowest BCUT2D eigenvalue weighted by atomic mass is 9.85. The van der Waals surface area contributed by atoms with E-state index in [1.54, 1.807) is 0 Å². The standard InChI is InChI=1S/C26H25N3O5/c1-4-15(3)27-25(31)21-20-12-14(2)18-10-5-6-11-19(18)28(20)23(22(21)26(27)32)24(30)16-8-7-9-17(13-16)29(33)34/h5-13,15,20-23H,4H2,1-3H3/t15-,20+,21-,22-,23+/m0/s1. The number of allylic oxidation sites excluding steroid dienone is 1. The Balaban J connectivity index is 1.68. The molecule has 2 aromatic rings. The van der Waals surface area contributed by atoms with Crippen LogP contribution in [0.15, 0.2) is 54.6 Å². The van der Waals surface area contributed by atoms with Crippen LogP contribution in [0.5, 0.6) is 0 Å². The number of carbonyl (C=O) groups excluding carboxylic acids is 3. The molecule has 0 aliphatic carbocycles. The van der Waals surface area contributed by atoms with Crippen molar-refractivity contribution in [3.05, 3.63) is 75.8 Å². The summed E-state index contributed by atoms with van der Waals surface area (Å²) in [6, 6.07) is 11.5. The van der Waals surface area contributed by atoms with Crippen molar-refractivity contribution < 1.29 is 19.3 Å². The van der Waals surface area contributed by atoms with E-state index < -0.39 is 34.6 Å². The summed E-state index contributed by atoms with van der Waals surface area (Å²) in [6.07, 6.45) is 2.60. The van der Waals surface area contributed by atoms with Crippen LogP contribution in [-0.4, -0.2) is 45.5 Å². The molecule has 8 nitrogen and oxygen atoms in total. The van der Waals surface area contributed by atoms with Gasteiger partial charge in [0.2, 0.25) is 11.8 Å². The number of para-hydroxylation sites is 1. The zero-order chi connectivity index (χ0) is 24.3. The molecule has 5 rings (SSSR count). The van der Waals surface area contributed by atoms with Gasteiger partial charge in [-0.2, -0.15) is 0 Å². The van der Waals surface area contributed by atoms with Crippen LogP contribution in [0.1, 0.15) is 43.1 Å². The molecule has 3 heterocycles. The van der Waals surface area contributed by atoms with Crippen molar-refractivity contribution in [2.75, 3.05) is 4.90 Å². The molecule has 0 spiro atoms. The number of ketones is 1. The number of fused-ring (bicyclic) bond motifs is 5. The molecule has 0 bridgehead atoms. The summed E-state index contributed by atoms with van der Waals surface area (Å²) in [5.74, 6) is -2.52. The van der Waals surface area contributed by atoms with Gasteiger partial charge in [0.05, 0.1) is 22.8 Å². The van der Waals surface area contributed by atoms with Crippen LogP contribution in [0.25, 0.3) is 5.57 Å². The Morgan fingerprint density at radius 1 is 1.09 bits per heavy atom. The van der Waals surface area contributed by atoms with Crippen LogP contribution >= 0.6 is 0 Å². The third-order valence-electron chi connectivity index (χ3n) is 7.43. The van der Waals surface area contributed by atoms with Gasteiger partial charge < -0.3 is 4.90 Å². The number of nitrogens with zero attached hydrogens (tertiary/aromatic N) is 3. The number of imide groups is 1. The van der Waals surface area contributed by atoms with E-state index in [-0.39, 0.29) is 29.1 Å². The lowest BCUT2D eigenvalue weighted by Gasteiger charge is -2.38. The van der Waals surface area contributed by atoms with Gasteiger partial charge >= 0.3 is 0 Å². The first-order valence-corrected chi connectivity index (χ1v) is 11.5. The monoisotopic (exact) mass is 459 g/mol. The van der Waals surface area contributed by atoms with Crippen molar-refractivity contribution in [2.24, 2.45) is 11.8 Å². The summed E-state index contributed by atoms with van der Waals surface area (Å²) in [4.78, 5) is 55.2. The van der Waals surface area contributed by atoms with Crippen LogP contribution in [0.2, 0.25) is 0 Å². The lowest BCUT2D eigenvalue weighted by Crippen LogP contribution is -2.50. The van der Waals surface area contributed by atoms with Crippen LogP contribution in [-0.2, 0) is 9.59 Å². The Bertz CT molecular complexity index is 1270. The smallest absolute Gasteiger partial charge is 0.270 e. The average molecular weight is 460 g/mol. The number of anilines is 1. The number of hydrogen-bond donors (Lipinski definition) is 0. The predicted molar refractivity (Wildman–Crippen MR) is 126 cm³/mol. The predicted octanol–water partition coefficient (Wildman–Crippen LogP) is 3.85. The molecule has 2 fully saturated rings. The summed E-state index contributed by atoms with van der Waals surface area (Å²) in [5.41, 5.74) is 2.68. The van der Waals surface area contributed by atoms with Crippen molar-refractivity contribution in [1.29, 1.82) is 0 Å². The molecular weight excluding hydrogens is 434 g/mol. The van der Waals surface area contributed by atoms with E-state index in [1.807, 2.05) is 56.0 Å². The summed E-state index contributed by atoms with van der Waals surface area (Å²) in [6.45, 7) is 5.72. The molecule has 8 heteroatoms. The van der Waals surface area contributed by atoms with Gasteiger partial charge in [-0.25, -0.2) is 0 Å². The highest BCUT2D eigenvalue weighted by molar-refractivity contribution is 6.14. The second-order valence-corrected chi connectivity index (χ2v) is 9.24. The van der Waals surface area contributed by atoms with Gasteiger partial charge in [0, 0.05) is 35.0 Å². The molecule has 3 aliphatic heterocycles. The minimum absolute atomic E-state index is 0.157. The highest BCUT2D eigenvalue weighted by Gasteiger charge is 2.64. The van der Waals surface area contributed by atoms with Crippen molar-refractivity contribution >= 4 is 34.5 Å². The molecule has 0 N–H and O–H groups in total. The van der Waals surface area contributed by atoms with E-state index in [0.29, 0.717) is 6.42 Å². The molecule has 2 amide bonds. The Morgan fingerprint density at radius 3 is 2.50 bits per heavy atom. The third kappa shape index (κ3) is 3.01. The molecule has 2 saturated heterocycles. The van der Waals surface area contributed by atoms with Crippen molar-refractivity contribution in [1.82, 2.24) is 4.90 Å². The molecular formula is C26H25N3O5. The van der Waals surface area contributed by atoms with Crippen molar-refractivity contribution in [3.63, 3.8) is 0 Å². The first-order chi connectivity index (χ1) is 16.3. The van der Waals surface area contributed by atoms with Gasteiger partial charge in [-0.15, -0.1) is 0 Å². The van der Waals surface area contributed by atoms with E-state index in [2.05, 4.69) is 0 Å². The quantitative estimate of drug-likeness (QED) is 0.291. The van der Waals surface area contributed by atoms with Crippen LogP contribution in [0, 0.1) is 22.0 Å². The molecule has 174 valence electrons. The number of non-ortho nitro benzene ring substituents is 1. The van der Waals surface area contributed by atoms with Gasteiger partial charge in [0.25, 0.3) is 5.69 Å². The Kier molecular flexibility index (Phi) is 5.11. The minimum Gasteiger partial charge on any atom is -0.352 e. The summed E-state index contributed by atoms with van der Waals surface area (Å²) in [5, 5.41) is 11.3. The maximum absolute atomic E-state index is 13.9. The second-order valence-electron chi connectivity index (χ2n) is 9.24. The molecule has 0 unspecified atom stereocenters. The molecule has 5 atom stereocenters. The number of rotatable bonds is 5. The number of likely N-dealkylation sites (tertiary alicyclic amines) is 1. The Labute approximate surface area is 197 Å². The summed E-state index contributed by atoms with van der Waals surface area (Å²) < 4.78 is 0. The van der Waals surface area contributed by atoms with Gasteiger partial charge in [0.1, 0.15) is 6.04 Å². The molecule has 0 radical (unpaired) electrons. The SMILES string of the molecule is CC[C@H](C)N1C(=O)[C@@H]2[C@H](C1=O)[C@H](C(=O)c1cccc([N+](=O)[O-])c1)N1c3ccccc3C(C)=C[C@H]21. The topological polar surface area (TPSA) is 101 Å². The number of amides is 2. The van der Waals surface area contributed by atoms with E-state index in [4.69, 9.17) is 0 Å².